The average Bonchev–Trinajstić information content (AvgIpc) is 2.92. The van der Waals surface area contributed by atoms with Crippen LogP contribution in [0.15, 0.2) is 47.3 Å². The molecule has 0 saturated carbocycles. The number of aryl methyl sites for hydroxylation is 1. The number of pyridine rings is 1. The van der Waals surface area contributed by atoms with Crippen LogP contribution in [0.5, 0.6) is 0 Å². The summed E-state index contributed by atoms with van der Waals surface area (Å²) in [6.45, 7) is 3.85. The second kappa shape index (κ2) is 5.25. The highest BCUT2D eigenvalue weighted by Gasteiger charge is 2.19. The van der Waals surface area contributed by atoms with Crippen molar-refractivity contribution in [3.05, 3.63) is 58.4 Å². The molecule has 2 heterocycles. The SMILES string of the molecule is CCC1C=CCN1Cc1cc2ccccc2n(C)c1=O. The van der Waals surface area contributed by atoms with Gasteiger partial charge in [-0.25, -0.2) is 0 Å². The molecule has 3 nitrogen and oxygen atoms in total. The lowest BCUT2D eigenvalue weighted by atomic mass is 10.1. The van der Waals surface area contributed by atoms with Gasteiger partial charge in [-0.15, -0.1) is 0 Å². The van der Waals surface area contributed by atoms with Gasteiger partial charge in [-0.3, -0.25) is 9.69 Å². The van der Waals surface area contributed by atoms with Gasteiger partial charge in [-0.1, -0.05) is 37.3 Å². The van der Waals surface area contributed by atoms with E-state index in [1.54, 1.807) is 4.57 Å². The molecule has 0 fully saturated rings. The Balaban J connectivity index is 2.00. The number of hydrogen-bond acceptors (Lipinski definition) is 2. The molecular weight excluding hydrogens is 248 g/mol. The van der Waals surface area contributed by atoms with E-state index in [-0.39, 0.29) is 5.56 Å². The molecule has 1 aromatic heterocycles. The number of para-hydroxylation sites is 1. The summed E-state index contributed by atoms with van der Waals surface area (Å²) in [6, 6.07) is 10.6. The lowest BCUT2D eigenvalue weighted by molar-refractivity contribution is 0.257. The molecule has 2 aromatic rings. The lowest BCUT2D eigenvalue weighted by Crippen LogP contribution is -2.33. The Morgan fingerprint density at radius 1 is 1.30 bits per heavy atom. The molecule has 104 valence electrons. The molecule has 1 aromatic carbocycles. The zero-order valence-corrected chi connectivity index (χ0v) is 12.0. The Labute approximate surface area is 119 Å². The zero-order chi connectivity index (χ0) is 14.1. The number of fused-ring (bicyclic) bond motifs is 1. The van der Waals surface area contributed by atoms with Crippen LogP contribution < -0.4 is 5.56 Å². The van der Waals surface area contributed by atoms with Gasteiger partial charge in [0.05, 0.1) is 5.52 Å². The maximum Gasteiger partial charge on any atom is 0.255 e. The first-order valence-electron chi connectivity index (χ1n) is 7.19. The van der Waals surface area contributed by atoms with Gasteiger partial charge in [-0.2, -0.15) is 0 Å². The van der Waals surface area contributed by atoms with E-state index in [0.29, 0.717) is 6.04 Å². The molecular formula is C17H20N2O. The Hall–Kier alpha value is -1.87. The van der Waals surface area contributed by atoms with Crippen molar-refractivity contribution in [2.24, 2.45) is 7.05 Å². The summed E-state index contributed by atoms with van der Waals surface area (Å²) >= 11 is 0. The molecule has 1 aliphatic heterocycles. The predicted molar refractivity (Wildman–Crippen MR) is 82.8 cm³/mol. The lowest BCUT2D eigenvalue weighted by Gasteiger charge is -2.23. The van der Waals surface area contributed by atoms with Crippen LogP contribution >= 0.6 is 0 Å². The molecule has 0 spiro atoms. The van der Waals surface area contributed by atoms with Crippen LogP contribution in [0.25, 0.3) is 10.9 Å². The van der Waals surface area contributed by atoms with E-state index in [0.717, 1.165) is 36.0 Å². The number of nitrogens with zero attached hydrogens (tertiary/aromatic N) is 2. The molecule has 0 saturated heterocycles. The minimum absolute atomic E-state index is 0.116. The minimum Gasteiger partial charge on any atom is -0.311 e. The van der Waals surface area contributed by atoms with Gasteiger partial charge in [-0.05, 0) is 23.9 Å². The molecule has 0 radical (unpaired) electrons. The number of benzene rings is 1. The van der Waals surface area contributed by atoms with E-state index in [4.69, 9.17) is 0 Å². The monoisotopic (exact) mass is 268 g/mol. The molecule has 0 amide bonds. The Kier molecular flexibility index (Phi) is 3.45. The van der Waals surface area contributed by atoms with Crippen molar-refractivity contribution in [1.82, 2.24) is 9.47 Å². The summed E-state index contributed by atoms with van der Waals surface area (Å²) in [7, 11) is 1.85. The van der Waals surface area contributed by atoms with Crippen LogP contribution in [0, 0.1) is 0 Å². The summed E-state index contributed by atoms with van der Waals surface area (Å²) < 4.78 is 1.76. The number of rotatable bonds is 3. The highest BCUT2D eigenvalue weighted by Crippen LogP contribution is 2.18. The maximum atomic E-state index is 12.5. The summed E-state index contributed by atoms with van der Waals surface area (Å²) in [4.78, 5) is 14.8. The third kappa shape index (κ3) is 2.18. The van der Waals surface area contributed by atoms with Crippen molar-refractivity contribution in [2.45, 2.75) is 25.9 Å². The van der Waals surface area contributed by atoms with Crippen molar-refractivity contribution >= 4 is 10.9 Å². The van der Waals surface area contributed by atoms with Crippen LogP contribution in [-0.2, 0) is 13.6 Å². The second-order valence-corrected chi connectivity index (χ2v) is 5.43. The van der Waals surface area contributed by atoms with E-state index < -0.39 is 0 Å². The molecule has 3 heteroatoms. The first-order valence-corrected chi connectivity index (χ1v) is 7.19. The van der Waals surface area contributed by atoms with Crippen LogP contribution in [-0.4, -0.2) is 22.1 Å². The smallest absolute Gasteiger partial charge is 0.255 e. The first kappa shape index (κ1) is 13.1. The standard InChI is InChI=1S/C17H20N2O/c1-3-15-8-6-10-19(15)12-14-11-13-7-4-5-9-16(13)18(2)17(14)20/h4-9,11,15H,3,10,12H2,1-2H3. The van der Waals surface area contributed by atoms with Crippen LogP contribution in [0.1, 0.15) is 18.9 Å². The van der Waals surface area contributed by atoms with Gasteiger partial charge in [0.1, 0.15) is 0 Å². The van der Waals surface area contributed by atoms with Gasteiger partial charge in [0, 0.05) is 31.7 Å². The van der Waals surface area contributed by atoms with E-state index in [1.165, 1.54) is 0 Å². The predicted octanol–water partition coefficient (Wildman–Crippen LogP) is 2.69. The normalized spacial score (nSPS) is 19.0. The third-order valence-corrected chi connectivity index (χ3v) is 4.17. The van der Waals surface area contributed by atoms with Crippen molar-refractivity contribution in [3.63, 3.8) is 0 Å². The van der Waals surface area contributed by atoms with Gasteiger partial charge < -0.3 is 4.57 Å². The highest BCUT2D eigenvalue weighted by atomic mass is 16.1. The van der Waals surface area contributed by atoms with E-state index in [2.05, 4.69) is 30.0 Å². The fourth-order valence-electron chi connectivity index (χ4n) is 3.01. The van der Waals surface area contributed by atoms with Crippen molar-refractivity contribution < 1.29 is 0 Å². The maximum absolute atomic E-state index is 12.5. The Morgan fingerprint density at radius 3 is 2.90 bits per heavy atom. The molecule has 1 aliphatic rings. The van der Waals surface area contributed by atoms with Crippen LogP contribution in [0.3, 0.4) is 0 Å². The summed E-state index contributed by atoms with van der Waals surface area (Å²) in [5.41, 5.74) is 1.99. The van der Waals surface area contributed by atoms with Gasteiger partial charge in [0.2, 0.25) is 0 Å². The van der Waals surface area contributed by atoms with Gasteiger partial charge >= 0.3 is 0 Å². The highest BCUT2D eigenvalue weighted by molar-refractivity contribution is 5.79. The fourth-order valence-corrected chi connectivity index (χ4v) is 3.01. The van der Waals surface area contributed by atoms with Crippen molar-refractivity contribution in [1.29, 1.82) is 0 Å². The van der Waals surface area contributed by atoms with Gasteiger partial charge in [0.15, 0.2) is 0 Å². The Bertz CT molecular complexity index is 714. The molecule has 0 aliphatic carbocycles. The summed E-state index contributed by atoms with van der Waals surface area (Å²) in [5, 5.41) is 1.13. The molecule has 20 heavy (non-hydrogen) atoms. The molecule has 1 unspecified atom stereocenters. The van der Waals surface area contributed by atoms with Crippen LogP contribution in [0.2, 0.25) is 0 Å². The van der Waals surface area contributed by atoms with Crippen molar-refractivity contribution in [2.75, 3.05) is 6.54 Å². The molecule has 0 N–H and O–H groups in total. The Morgan fingerprint density at radius 2 is 2.10 bits per heavy atom. The minimum atomic E-state index is 0.116. The van der Waals surface area contributed by atoms with E-state index in [1.807, 2.05) is 31.3 Å². The molecule has 0 bridgehead atoms. The largest absolute Gasteiger partial charge is 0.311 e. The van der Waals surface area contributed by atoms with E-state index >= 15 is 0 Å². The second-order valence-electron chi connectivity index (χ2n) is 5.43. The fraction of sp³-hybridized carbons (Fsp3) is 0.353. The quantitative estimate of drug-likeness (QED) is 0.800. The van der Waals surface area contributed by atoms with Crippen molar-refractivity contribution in [3.8, 4) is 0 Å². The molecule has 3 rings (SSSR count). The third-order valence-electron chi connectivity index (χ3n) is 4.17. The topological polar surface area (TPSA) is 25.2 Å². The van der Waals surface area contributed by atoms with Crippen LogP contribution in [0.4, 0.5) is 0 Å². The number of aromatic nitrogens is 1. The summed E-state index contributed by atoms with van der Waals surface area (Å²) in [6.07, 6.45) is 5.52. The van der Waals surface area contributed by atoms with Gasteiger partial charge in [0.25, 0.3) is 5.56 Å². The van der Waals surface area contributed by atoms with E-state index in [9.17, 15) is 4.79 Å². The zero-order valence-electron chi connectivity index (χ0n) is 12.0. The average molecular weight is 268 g/mol. The first-order chi connectivity index (χ1) is 9.70. The number of hydrogen-bond donors (Lipinski definition) is 0. The molecule has 1 atom stereocenters. The summed E-state index contributed by atoms with van der Waals surface area (Å²) in [5.74, 6) is 0.